The largest absolute Gasteiger partial charge is 0.399 e. The molecule has 1 unspecified atom stereocenters. The number of nitrogens with two attached hydrogens (primary N) is 1. The third kappa shape index (κ3) is 2.41. The molecule has 1 atom stereocenters. The molecule has 100 valence electrons. The number of benzene rings is 1. The number of nitrogens with zero attached hydrogens (tertiary/aromatic N) is 4. The van der Waals surface area contributed by atoms with Crippen LogP contribution in [0.1, 0.15) is 18.9 Å². The molecule has 0 radical (unpaired) electrons. The van der Waals surface area contributed by atoms with E-state index in [1.807, 2.05) is 6.07 Å². The molecule has 2 aromatic rings. The van der Waals surface area contributed by atoms with Crippen LogP contribution in [0.3, 0.4) is 0 Å². The number of ether oxygens (including phenoxy) is 1. The molecular formula is C12H14ClN5O. The van der Waals surface area contributed by atoms with E-state index in [1.165, 1.54) is 0 Å². The Bertz CT molecular complexity index is 579. The summed E-state index contributed by atoms with van der Waals surface area (Å²) in [5.41, 5.74) is 7.10. The highest BCUT2D eigenvalue weighted by atomic mass is 35.5. The summed E-state index contributed by atoms with van der Waals surface area (Å²) in [4.78, 5) is 0. The number of hydrogen-bond donors (Lipinski definition) is 1. The molecule has 2 heterocycles. The Morgan fingerprint density at radius 3 is 3.05 bits per heavy atom. The summed E-state index contributed by atoms with van der Waals surface area (Å²) in [6.07, 6.45) is 2.02. The topological polar surface area (TPSA) is 78.9 Å². The van der Waals surface area contributed by atoms with Gasteiger partial charge in [-0.15, -0.1) is 5.10 Å². The molecule has 0 aliphatic carbocycles. The number of nitrogen functional groups attached to an aromatic ring is 1. The molecule has 0 bridgehead atoms. The summed E-state index contributed by atoms with van der Waals surface area (Å²) in [6.45, 7) is 1.43. The van der Waals surface area contributed by atoms with Crippen molar-refractivity contribution < 1.29 is 4.74 Å². The molecule has 19 heavy (non-hydrogen) atoms. The lowest BCUT2D eigenvalue weighted by atomic mass is 10.1. The molecule has 2 N–H and O–H groups in total. The third-order valence-corrected chi connectivity index (χ3v) is 3.52. The Hall–Kier alpha value is -1.66. The zero-order chi connectivity index (χ0) is 13.2. The summed E-state index contributed by atoms with van der Waals surface area (Å²) in [5, 5.41) is 12.4. The Labute approximate surface area is 115 Å². The van der Waals surface area contributed by atoms with E-state index in [-0.39, 0.29) is 6.04 Å². The minimum absolute atomic E-state index is 0.160. The Balaban J connectivity index is 1.99. The van der Waals surface area contributed by atoms with E-state index in [0.717, 1.165) is 25.0 Å². The number of rotatable bonds is 2. The van der Waals surface area contributed by atoms with E-state index in [2.05, 4.69) is 15.5 Å². The van der Waals surface area contributed by atoms with Gasteiger partial charge in [0.25, 0.3) is 0 Å². The second-order valence-corrected chi connectivity index (χ2v) is 4.96. The lowest BCUT2D eigenvalue weighted by molar-refractivity contribution is 0.0548. The van der Waals surface area contributed by atoms with Crippen LogP contribution < -0.4 is 5.73 Å². The molecule has 0 spiro atoms. The highest BCUT2D eigenvalue weighted by Gasteiger charge is 2.22. The predicted octanol–water partition coefficient (Wildman–Crippen LogP) is 1.93. The summed E-state index contributed by atoms with van der Waals surface area (Å²) in [7, 11) is 0. The standard InChI is InChI=1S/C12H14ClN5O/c13-11-6-8(14)3-4-10(11)12-15-16-17-18(12)9-2-1-5-19-7-9/h3-4,6,9H,1-2,5,7,14H2. The Morgan fingerprint density at radius 2 is 2.32 bits per heavy atom. The van der Waals surface area contributed by atoms with Gasteiger partial charge in [0.1, 0.15) is 0 Å². The fourth-order valence-corrected chi connectivity index (χ4v) is 2.52. The van der Waals surface area contributed by atoms with Crippen molar-refractivity contribution in [3.05, 3.63) is 23.2 Å². The molecule has 7 heteroatoms. The second kappa shape index (κ2) is 5.14. The fraction of sp³-hybridized carbons (Fsp3) is 0.417. The van der Waals surface area contributed by atoms with Crippen molar-refractivity contribution in [1.82, 2.24) is 20.2 Å². The van der Waals surface area contributed by atoms with Gasteiger partial charge in [-0.1, -0.05) is 11.6 Å². The SMILES string of the molecule is Nc1ccc(-c2nnnn2C2CCCOC2)c(Cl)c1. The van der Waals surface area contributed by atoms with Gasteiger partial charge in [0, 0.05) is 17.9 Å². The zero-order valence-corrected chi connectivity index (χ0v) is 11.0. The van der Waals surface area contributed by atoms with Crippen LogP contribution in [0.5, 0.6) is 0 Å². The molecule has 6 nitrogen and oxygen atoms in total. The molecule has 1 fully saturated rings. The smallest absolute Gasteiger partial charge is 0.183 e. The maximum atomic E-state index is 6.21. The Kier molecular flexibility index (Phi) is 3.35. The van der Waals surface area contributed by atoms with Crippen molar-refractivity contribution in [2.75, 3.05) is 18.9 Å². The summed E-state index contributed by atoms with van der Waals surface area (Å²) >= 11 is 6.21. The van der Waals surface area contributed by atoms with E-state index in [0.29, 0.717) is 23.1 Å². The maximum absolute atomic E-state index is 6.21. The molecule has 0 amide bonds. The number of hydrogen-bond acceptors (Lipinski definition) is 5. The van der Waals surface area contributed by atoms with E-state index < -0.39 is 0 Å². The monoisotopic (exact) mass is 279 g/mol. The van der Waals surface area contributed by atoms with Crippen LogP contribution in [0.15, 0.2) is 18.2 Å². The van der Waals surface area contributed by atoms with E-state index in [1.54, 1.807) is 16.8 Å². The van der Waals surface area contributed by atoms with Crippen molar-refractivity contribution in [3.63, 3.8) is 0 Å². The first kappa shape index (κ1) is 12.4. The summed E-state index contributed by atoms with van der Waals surface area (Å²) in [6, 6.07) is 5.49. The van der Waals surface area contributed by atoms with Gasteiger partial charge in [-0.05, 0) is 41.5 Å². The van der Waals surface area contributed by atoms with Crippen LogP contribution in [0, 0.1) is 0 Å². The van der Waals surface area contributed by atoms with Crippen LogP contribution in [-0.4, -0.2) is 33.4 Å². The maximum Gasteiger partial charge on any atom is 0.183 e. The van der Waals surface area contributed by atoms with Crippen molar-refractivity contribution in [2.24, 2.45) is 0 Å². The van der Waals surface area contributed by atoms with E-state index >= 15 is 0 Å². The Morgan fingerprint density at radius 1 is 1.42 bits per heavy atom. The van der Waals surface area contributed by atoms with Crippen LogP contribution in [-0.2, 0) is 4.74 Å². The van der Waals surface area contributed by atoms with Crippen molar-refractivity contribution in [1.29, 1.82) is 0 Å². The summed E-state index contributed by atoms with van der Waals surface area (Å²) in [5.74, 6) is 0.653. The average Bonchev–Trinajstić information content (AvgIpc) is 2.89. The highest BCUT2D eigenvalue weighted by molar-refractivity contribution is 6.33. The highest BCUT2D eigenvalue weighted by Crippen LogP contribution is 2.30. The van der Waals surface area contributed by atoms with Crippen LogP contribution in [0.25, 0.3) is 11.4 Å². The average molecular weight is 280 g/mol. The lowest BCUT2D eigenvalue weighted by Crippen LogP contribution is -2.23. The fourth-order valence-electron chi connectivity index (χ4n) is 2.25. The van der Waals surface area contributed by atoms with Gasteiger partial charge in [0.05, 0.1) is 17.7 Å². The number of anilines is 1. The molecule has 1 aliphatic rings. The molecule has 1 aromatic carbocycles. The first-order chi connectivity index (χ1) is 9.25. The van der Waals surface area contributed by atoms with Crippen molar-refractivity contribution >= 4 is 17.3 Å². The minimum atomic E-state index is 0.160. The quantitative estimate of drug-likeness (QED) is 0.850. The van der Waals surface area contributed by atoms with Gasteiger partial charge in [-0.25, -0.2) is 4.68 Å². The molecule has 1 aliphatic heterocycles. The van der Waals surface area contributed by atoms with E-state index in [9.17, 15) is 0 Å². The van der Waals surface area contributed by atoms with Crippen molar-refractivity contribution in [2.45, 2.75) is 18.9 Å². The zero-order valence-electron chi connectivity index (χ0n) is 10.3. The molecular weight excluding hydrogens is 266 g/mol. The minimum Gasteiger partial charge on any atom is -0.399 e. The number of tetrazole rings is 1. The molecule has 0 saturated carbocycles. The first-order valence-electron chi connectivity index (χ1n) is 6.16. The van der Waals surface area contributed by atoms with Gasteiger partial charge in [-0.3, -0.25) is 0 Å². The van der Waals surface area contributed by atoms with Crippen LogP contribution in [0.2, 0.25) is 5.02 Å². The van der Waals surface area contributed by atoms with E-state index in [4.69, 9.17) is 22.1 Å². The third-order valence-electron chi connectivity index (χ3n) is 3.21. The summed E-state index contributed by atoms with van der Waals surface area (Å²) < 4.78 is 7.26. The van der Waals surface area contributed by atoms with Crippen LogP contribution >= 0.6 is 11.6 Å². The van der Waals surface area contributed by atoms with Gasteiger partial charge in [0.15, 0.2) is 5.82 Å². The van der Waals surface area contributed by atoms with Gasteiger partial charge >= 0.3 is 0 Å². The van der Waals surface area contributed by atoms with Gasteiger partial charge in [-0.2, -0.15) is 0 Å². The van der Waals surface area contributed by atoms with Gasteiger partial charge < -0.3 is 10.5 Å². The molecule has 1 saturated heterocycles. The first-order valence-corrected chi connectivity index (χ1v) is 6.54. The van der Waals surface area contributed by atoms with Crippen LogP contribution in [0.4, 0.5) is 5.69 Å². The predicted molar refractivity (Wildman–Crippen MR) is 71.8 cm³/mol. The molecule has 3 rings (SSSR count). The second-order valence-electron chi connectivity index (χ2n) is 4.56. The van der Waals surface area contributed by atoms with Crippen molar-refractivity contribution in [3.8, 4) is 11.4 Å². The number of halogens is 1. The normalized spacial score (nSPS) is 19.5. The molecule has 1 aromatic heterocycles. The van der Waals surface area contributed by atoms with Gasteiger partial charge in [0.2, 0.25) is 0 Å². The lowest BCUT2D eigenvalue weighted by Gasteiger charge is -2.22. The number of aromatic nitrogens is 4.